The Morgan fingerprint density at radius 2 is 2.27 bits per heavy atom. The van der Waals surface area contributed by atoms with Gasteiger partial charge >= 0.3 is 5.97 Å². The van der Waals surface area contributed by atoms with Gasteiger partial charge in [-0.3, -0.25) is 0 Å². The SMILES string of the molecule is CC(C)c1c[nH]c(C(=O)O)c1. The van der Waals surface area contributed by atoms with Crippen molar-refractivity contribution in [3.8, 4) is 0 Å². The minimum atomic E-state index is -0.906. The van der Waals surface area contributed by atoms with Crippen LogP contribution in [0.4, 0.5) is 0 Å². The Hall–Kier alpha value is -1.25. The van der Waals surface area contributed by atoms with Crippen LogP contribution in [0.2, 0.25) is 0 Å². The second-order valence-corrected chi connectivity index (χ2v) is 2.81. The summed E-state index contributed by atoms with van der Waals surface area (Å²) in [6.07, 6.45) is 1.73. The van der Waals surface area contributed by atoms with E-state index in [9.17, 15) is 4.79 Å². The first-order chi connectivity index (χ1) is 5.11. The molecule has 3 nitrogen and oxygen atoms in total. The maximum Gasteiger partial charge on any atom is 0.352 e. The molecular formula is C8H11NO2. The zero-order valence-corrected chi connectivity index (χ0v) is 6.59. The lowest BCUT2D eigenvalue weighted by molar-refractivity contribution is 0.0691. The molecule has 0 unspecified atom stereocenters. The number of H-pyrrole nitrogens is 1. The average Bonchev–Trinajstić information content (AvgIpc) is 2.33. The van der Waals surface area contributed by atoms with Crippen LogP contribution < -0.4 is 0 Å². The van der Waals surface area contributed by atoms with Crippen molar-refractivity contribution in [1.82, 2.24) is 4.98 Å². The molecule has 1 aromatic rings. The van der Waals surface area contributed by atoms with E-state index in [0.717, 1.165) is 5.56 Å². The van der Waals surface area contributed by atoms with Gasteiger partial charge in [-0.1, -0.05) is 13.8 Å². The fraction of sp³-hybridized carbons (Fsp3) is 0.375. The molecule has 0 aromatic carbocycles. The van der Waals surface area contributed by atoms with Crippen molar-refractivity contribution < 1.29 is 9.90 Å². The fourth-order valence-electron chi connectivity index (χ4n) is 0.868. The molecule has 0 atom stereocenters. The van der Waals surface area contributed by atoms with Crippen molar-refractivity contribution in [2.75, 3.05) is 0 Å². The number of nitrogens with one attached hydrogen (secondary N) is 1. The lowest BCUT2D eigenvalue weighted by Gasteiger charge is -1.96. The minimum Gasteiger partial charge on any atom is -0.477 e. The van der Waals surface area contributed by atoms with Gasteiger partial charge in [-0.25, -0.2) is 4.79 Å². The zero-order valence-electron chi connectivity index (χ0n) is 6.59. The molecule has 0 amide bonds. The summed E-state index contributed by atoms with van der Waals surface area (Å²) in [5.41, 5.74) is 1.29. The number of carboxylic acid groups (broad SMARTS) is 1. The first-order valence-corrected chi connectivity index (χ1v) is 3.53. The summed E-state index contributed by atoms with van der Waals surface area (Å²) in [6, 6.07) is 1.66. The van der Waals surface area contributed by atoms with Gasteiger partial charge in [0.05, 0.1) is 0 Å². The van der Waals surface area contributed by atoms with Gasteiger partial charge in [-0.2, -0.15) is 0 Å². The monoisotopic (exact) mass is 153 g/mol. The molecule has 1 heterocycles. The van der Waals surface area contributed by atoms with Crippen LogP contribution in [0.25, 0.3) is 0 Å². The summed E-state index contributed by atoms with van der Waals surface area (Å²) >= 11 is 0. The van der Waals surface area contributed by atoms with E-state index >= 15 is 0 Å². The molecule has 60 valence electrons. The highest BCUT2D eigenvalue weighted by atomic mass is 16.4. The number of aromatic carboxylic acids is 1. The predicted octanol–water partition coefficient (Wildman–Crippen LogP) is 1.84. The highest BCUT2D eigenvalue weighted by Crippen LogP contribution is 2.14. The second-order valence-electron chi connectivity index (χ2n) is 2.81. The van der Waals surface area contributed by atoms with Gasteiger partial charge in [-0.05, 0) is 17.5 Å². The van der Waals surface area contributed by atoms with Crippen LogP contribution in [0.5, 0.6) is 0 Å². The summed E-state index contributed by atoms with van der Waals surface area (Å²) < 4.78 is 0. The Labute approximate surface area is 65.1 Å². The Kier molecular flexibility index (Phi) is 1.98. The molecule has 0 bridgehead atoms. The second kappa shape index (κ2) is 2.78. The van der Waals surface area contributed by atoms with Crippen LogP contribution in [0.1, 0.15) is 35.8 Å². The molecule has 0 aliphatic heterocycles. The van der Waals surface area contributed by atoms with Gasteiger partial charge in [0, 0.05) is 6.20 Å². The van der Waals surface area contributed by atoms with E-state index in [0.29, 0.717) is 5.92 Å². The lowest BCUT2D eigenvalue weighted by Crippen LogP contribution is -1.94. The van der Waals surface area contributed by atoms with Crippen LogP contribution in [0.3, 0.4) is 0 Å². The van der Waals surface area contributed by atoms with Crippen LogP contribution in [-0.4, -0.2) is 16.1 Å². The molecule has 1 aromatic heterocycles. The molecule has 11 heavy (non-hydrogen) atoms. The summed E-state index contributed by atoms with van der Waals surface area (Å²) in [7, 11) is 0. The van der Waals surface area contributed by atoms with Crippen LogP contribution in [-0.2, 0) is 0 Å². The number of aromatic amines is 1. The molecule has 0 aliphatic carbocycles. The van der Waals surface area contributed by atoms with E-state index in [1.54, 1.807) is 12.3 Å². The quantitative estimate of drug-likeness (QED) is 0.681. The van der Waals surface area contributed by atoms with Crippen molar-refractivity contribution in [2.45, 2.75) is 19.8 Å². The highest BCUT2D eigenvalue weighted by molar-refractivity contribution is 5.85. The third-order valence-electron chi connectivity index (χ3n) is 1.60. The molecule has 2 N–H and O–H groups in total. The number of hydrogen-bond acceptors (Lipinski definition) is 1. The average molecular weight is 153 g/mol. The van der Waals surface area contributed by atoms with E-state index < -0.39 is 5.97 Å². The lowest BCUT2D eigenvalue weighted by atomic mass is 10.1. The van der Waals surface area contributed by atoms with Crippen LogP contribution in [0.15, 0.2) is 12.3 Å². The normalized spacial score (nSPS) is 10.5. The maximum atomic E-state index is 10.4. The van der Waals surface area contributed by atoms with Gasteiger partial charge in [0.1, 0.15) is 5.69 Å². The van der Waals surface area contributed by atoms with E-state index in [2.05, 4.69) is 4.98 Å². The summed E-state index contributed by atoms with van der Waals surface area (Å²) in [5, 5.41) is 8.55. The first-order valence-electron chi connectivity index (χ1n) is 3.53. The number of aromatic nitrogens is 1. The Morgan fingerprint density at radius 3 is 2.55 bits per heavy atom. The van der Waals surface area contributed by atoms with Crippen molar-refractivity contribution in [3.63, 3.8) is 0 Å². The molecule has 0 spiro atoms. The third kappa shape index (κ3) is 1.61. The Morgan fingerprint density at radius 1 is 1.64 bits per heavy atom. The standard InChI is InChI=1S/C8H11NO2/c1-5(2)6-3-7(8(10)11)9-4-6/h3-5,9H,1-2H3,(H,10,11). The summed E-state index contributed by atoms with van der Waals surface area (Å²) in [6.45, 7) is 4.05. The molecular weight excluding hydrogens is 142 g/mol. The van der Waals surface area contributed by atoms with E-state index in [-0.39, 0.29) is 5.69 Å². The summed E-state index contributed by atoms with van der Waals surface area (Å²) in [5.74, 6) is -0.531. The third-order valence-corrected chi connectivity index (χ3v) is 1.60. The molecule has 0 aliphatic rings. The maximum absolute atomic E-state index is 10.4. The van der Waals surface area contributed by atoms with Gasteiger partial charge in [-0.15, -0.1) is 0 Å². The van der Waals surface area contributed by atoms with Crippen molar-refractivity contribution >= 4 is 5.97 Å². The fourth-order valence-corrected chi connectivity index (χ4v) is 0.868. The molecule has 0 saturated heterocycles. The van der Waals surface area contributed by atoms with E-state index in [4.69, 9.17) is 5.11 Å². The van der Waals surface area contributed by atoms with Gasteiger partial charge < -0.3 is 10.1 Å². The van der Waals surface area contributed by atoms with Gasteiger partial charge in [0.25, 0.3) is 0 Å². The molecule has 3 heteroatoms. The number of rotatable bonds is 2. The van der Waals surface area contributed by atoms with E-state index in [1.165, 1.54) is 0 Å². The molecule has 0 saturated carbocycles. The topological polar surface area (TPSA) is 53.1 Å². The molecule has 0 fully saturated rings. The first kappa shape index (κ1) is 7.85. The Balaban J connectivity index is 2.90. The van der Waals surface area contributed by atoms with Crippen molar-refractivity contribution in [1.29, 1.82) is 0 Å². The van der Waals surface area contributed by atoms with Crippen molar-refractivity contribution in [2.24, 2.45) is 0 Å². The smallest absolute Gasteiger partial charge is 0.352 e. The highest BCUT2D eigenvalue weighted by Gasteiger charge is 2.07. The summed E-state index contributed by atoms with van der Waals surface area (Å²) in [4.78, 5) is 13.1. The van der Waals surface area contributed by atoms with Gasteiger partial charge in [0.2, 0.25) is 0 Å². The van der Waals surface area contributed by atoms with E-state index in [1.807, 2.05) is 13.8 Å². The zero-order chi connectivity index (χ0) is 8.43. The molecule has 1 rings (SSSR count). The largest absolute Gasteiger partial charge is 0.477 e. The van der Waals surface area contributed by atoms with Gasteiger partial charge in [0.15, 0.2) is 0 Å². The Bertz CT molecular complexity index is 263. The van der Waals surface area contributed by atoms with Crippen LogP contribution in [0, 0.1) is 0 Å². The number of hydrogen-bond donors (Lipinski definition) is 2. The number of carboxylic acids is 1. The molecule has 0 radical (unpaired) electrons. The number of carbonyl (C=O) groups is 1. The van der Waals surface area contributed by atoms with Crippen LogP contribution >= 0.6 is 0 Å². The minimum absolute atomic E-state index is 0.258. The van der Waals surface area contributed by atoms with Crippen molar-refractivity contribution in [3.05, 3.63) is 23.5 Å². The predicted molar refractivity (Wildman–Crippen MR) is 41.8 cm³/mol.